The third-order valence-corrected chi connectivity index (χ3v) is 3.69. The fourth-order valence-corrected chi connectivity index (χ4v) is 2.31. The highest BCUT2D eigenvalue weighted by Gasteiger charge is 2.14. The molecule has 0 aliphatic rings. The zero-order valence-corrected chi connectivity index (χ0v) is 13.5. The van der Waals surface area contributed by atoms with Gasteiger partial charge in [-0.2, -0.15) is 0 Å². The lowest BCUT2D eigenvalue weighted by atomic mass is 10.1. The summed E-state index contributed by atoms with van der Waals surface area (Å²) in [5.74, 6) is -2.05. The number of rotatable bonds is 5. The normalized spacial score (nSPS) is 10.7. The Kier molecular flexibility index (Phi) is 4.67. The van der Waals surface area contributed by atoms with Crippen LogP contribution >= 0.6 is 11.6 Å². The maximum Gasteiger partial charge on any atom is 0.251 e. The largest absolute Gasteiger partial charge is 0.439 e. The second kappa shape index (κ2) is 6.90. The first-order valence-corrected chi connectivity index (χ1v) is 7.55. The van der Waals surface area contributed by atoms with Crippen LogP contribution in [0.1, 0.15) is 16.2 Å². The van der Waals surface area contributed by atoms with Crippen LogP contribution in [0.4, 0.5) is 14.5 Å². The maximum atomic E-state index is 13.8. The topological polar surface area (TPSA) is 81.2 Å². The summed E-state index contributed by atoms with van der Waals surface area (Å²) < 4.78 is 32.8. The predicted molar refractivity (Wildman–Crippen MR) is 89.2 cm³/mol. The number of hydrogen-bond acceptors (Lipinski definition) is 4. The Balaban J connectivity index is 1.75. The molecule has 3 rings (SSSR count). The molecule has 3 aromatic rings. The molecule has 0 saturated carbocycles. The number of halogens is 3. The second-order valence-corrected chi connectivity index (χ2v) is 5.59. The van der Waals surface area contributed by atoms with E-state index >= 15 is 0 Å². The fraction of sp³-hybridized carbons (Fsp3) is 0.0588. The molecule has 1 amide bonds. The van der Waals surface area contributed by atoms with E-state index in [1.54, 1.807) is 24.3 Å². The Bertz CT molecular complexity index is 926. The molecule has 0 saturated heterocycles. The number of primary amides is 1. The van der Waals surface area contributed by atoms with Crippen molar-refractivity contribution >= 4 is 23.2 Å². The van der Waals surface area contributed by atoms with Gasteiger partial charge < -0.3 is 15.5 Å². The summed E-state index contributed by atoms with van der Waals surface area (Å²) in [7, 11) is 0. The van der Waals surface area contributed by atoms with Crippen molar-refractivity contribution in [3.05, 3.63) is 70.7 Å². The lowest BCUT2D eigenvalue weighted by Gasteiger charge is -2.08. The van der Waals surface area contributed by atoms with E-state index in [1.807, 2.05) is 0 Å². The maximum absolute atomic E-state index is 13.8. The molecule has 0 fully saturated rings. The van der Waals surface area contributed by atoms with Gasteiger partial charge in [0.05, 0.1) is 24.0 Å². The number of amides is 1. The molecule has 0 atom stereocenters. The SMILES string of the molecule is NC(=O)c1cc(NCc2ncc(-c3ccc(Cl)cc3)o2)c(F)cc1F. The van der Waals surface area contributed by atoms with Crippen molar-refractivity contribution in [1.82, 2.24) is 4.98 Å². The molecule has 0 aliphatic heterocycles. The summed E-state index contributed by atoms with van der Waals surface area (Å²) >= 11 is 5.83. The highest BCUT2D eigenvalue weighted by molar-refractivity contribution is 6.30. The third kappa shape index (κ3) is 3.77. The van der Waals surface area contributed by atoms with Crippen molar-refractivity contribution in [1.29, 1.82) is 0 Å². The van der Waals surface area contributed by atoms with E-state index in [2.05, 4.69) is 10.3 Å². The van der Waals surface area contributed by atoms with Crippen molar-refractivity contribution in [2.45, 2.75) is 6.54 Å². The Labute approximate surface area is 146 Å². The van der Waals surface area contributed by atoms with Gasteiger partial charge in [0.2, 0.25) is 5.89 Å². The molecule has 0 bridgehead atoms. The first kappa shape index (κ1) is 16.9. The Morgan fingerprint density at radius 2 is 1.92 bits per heavy atom. The number of hydrogen-bond donors (Lipinski definition) is 2. The number of nitrogens with one attached hydrogen (secondary N) is 1. The van der Waals surface area contributed by atoms with Gasteiger partial charge in [0.15, 0.2) is 5.76 Å². The van der Waals surface area contributed by atoms with Crippen LogP contribution in [0.2, 0.25) is 5.02 Å². The van der Waals surface area contributed by atoms with Crippen LogP contribution in [0.15, 0.2) is 47.0 Å². The summed E-state index contributed by atoms with van der Waals surface area (Å²) in [4.78, 5) is 15.2. The number of carbonyl (C=O) groups is 1. The van der Waals surface area contributed by atoms with Crippen molar-refractivity contribution in [2.75, 3.05) is 5.32 Å². The number of benzene rings is 2. The molecule has 5 nitrogen and oxygen atoms in total. The van der Waals surface area contributed by atoms with Crippen LogP contribution in [0.5, 0.6) is 0 Å². The van der Waals surface area contributed by atoms with Crippen LogP contribution in [0.25, 0.3) is 11.3 Å². The number of nitrogens with zero attached hydrogens (tertiary/aromatic N) is 1. The van der Waals surface area contributed by atoms with Gasteiger partial charge in [0, 0.05) is 16.7 Å². The molecular weight excluding hydrogens is 352 g/mol. The zero-order chi connectivity index (χ0) is 18.0. The average Bonchev–Trinajstić information content (AvgIpc) is 3.03. The van der Waals surface area contributed by atoms with Gasteiger partial charge >= 0.3 is 0 Å². The van der Waals surface area contributed by atoms with E-state index in [0.717, 1.165) is 11.6 Å². The van der Waals surface area contributed by atoms with Crippen molar-refractivity contribution in [3.63, 3.8) is 0 Å². The van der Waals surface area contributed by atoms with E-state index in [9.17, 15) is 13.6 Å². The minimum Gasteiger partial charge on any atom is -0.439 e. The van der Waals surface area contributed by atoms with Gasteiger partial charge in [-0.05, 0) is 30.3 Å². The van der Waals surface area contributed by atoms with Crippen molar-refractivity contribution in [2.24, 2.45) is 5.73 Å². The van der Waals surface area contributed by atoms with Gasteiger partial charge in [-0.15, -0.1) is 0 Å². The molecule has 0 radical (unpaired) electrons. The van der Waals surface area contributed by atoms with Crippen LogP contribution in [-0.2, 0) is 6.54 Å². The number of carbonyl (C=O) groups excluding carboxylic acids is 1. The monoisotopic (exact) mass is 363 g/mol. The Morgan fingerprint density at radius 1 is 1.20 bits per heavy atom. The highest BCUT2D eigenvalue weighted by Crippen LogP contribution is 2.24. The van der Waals surface area contributed by atoms with Gasteiger partial charge in [-0.3, -0.25) is 4.79 Å². The first-order valence-electron chi connectivity index (χ1n) is 7.17. The summed E-state index contributed by atoms with van der Waals surface area (Å²) in [5.41, 5.74) is 5.35. The number of aromatic nitrogens is 1. The van der Waals surface area contributed by atoms with E-state index in [-0.39, 0.29) is 18.1 Å². The first-order chi connectivity index (χ1) is 11.9. The quantitative estimate of drug-likeness (QED) is 0.718. The number of oxazole rings is 1. The molecule has 128 valence electrons. The van der Waals surface area contributed by atoms with Crippen molar-refractivity contribution in [3.8, 4) is 11.3 Å². The standard InChI is InChI=1S/C17H12ClF2N3O2/c18-10-3-1-9(2-4-10)15-7-23-16(25-15)8-22-14-5-11(17(21)24)12(19)6-13(14)20/h1-7,22H,8H2,(H2,21,24). The van der Waals surface area contributed by atoms with Crippen LogP contribution in [0.3, 0.4) is 0 Å². The Morgan fingerprint density at radius 3 is 2.60 bits per heavy atom. The average molecular weight is 364 g/mol. The molecule has 25 heavy (non-hydrogen) atoms. The lowest BCUT2D eigenvalue weighted by Crippen LogP contribution is -2.14. The molecule has 3 N–H and O–H groups in total. The predicted octanol–water partition coefficient (Wildman–Crippen LogP) is 3.98. The van der Waals surface area contributed by atoms with Gasteiger partial charge in [0.1, 0.15) is 11.6 Å². The molecule has 8 heteroatoms. The van der Waals surface area contributed by atoms with Gasteiger partial charge in [-0.1, -0.05) is 11.6 Å². The van der Waals surface area contributed by atoms with Crippen LogP contribution in [-0.4, -0.2) is 10.9 Å². The molecule has 1 aromatic heterocycles. The molecule has 0 unspecified atom stereocenters. The van der Waals surface area contributed by atoms with Crippen molar-refractivity contribution < 1.29 is 18.0 Å². The molecule has 0 spiro atoms. The van der Waals surface area contributed by atoms with E-state index < -0.39 is 23.1 Å². The van der Waals surface area contributed by atoms with Gasteiger partial charge in [-0.25, -0.2) is 13.8 Å². The third-order valence-electron chi connectivity index (χ3n) is 3.43. The smallest absolute Gasteiger partial charge is 0.251 e. The second-order valence-electron chi connectivity index (χ2n) is 5.15. The van der Waals surface area contributed by atoms with Gasteiger partial charge in [0.25, 0.3) is 5.91 Å². The highest BCUT2D eigenvalue weighted by atomic mass is 35.5. The number of anilines is 1. The zero-order valence-electron chi connectivity index (χ0n) is 12.7. The fourth-order valence-electron chi connectivity index (χ4n) is 2.18. The molecule has 0 aliphatic carbocycles. The molecule has 2 aromatic carbocycles. The Hall–Kier alpha value is -2.93. The summed E-state index contributed by atoms with van der Waals surface area (Å²) in [6, 6.07) is 8.60. The van der Waals surface area contributed by atoms with E-state index in [0.29, 0.717) is 16.8 Å². The summed E-state index contributed by atoms with van der Waals surface area (Å²) in [6.45, 7) is 0.0361. The molecule has 1 heterocycles. The number of nitrogens with two attached hydrogens (primary N) is 1. The van der Waals surface area contributed by atoms with E-state index in [4.69, 9.17) is 21.8 Å². The minimum absolute atomic E-state index is 0.0361. The summed E-state index contributed by atoms with van der Waals surface area (Å²) in [6.07, 6.45) is 1.52. The van der Waals surface area contributed by atoms with E-state index in [1.165, 1.54) is 6.20 Å². The molecular formula is C17H12ClF2N3O2. The summed E-state index contributed by atoms with van der Waals surface area (Å²) in [5, 5.41) is 3.30. The van der Waals surface area contributed by atoms with Crippen LogP contribution in [0, 0.1) is 11.6 Å². The minimum atomic E-state index is -1.02. The lowest BCUT2D eigenvalue weighted by molar-refractivity contribution is 0.0996. The van der Waals surface area contributed by atoms with Crippen LogP contribution < -0.4 is 11.1 Å².